The van der Waals surface area contributed by atoms with Gasteiger partial charge in [-0.1, -0.05) is 47.3 Å². The van der Waals surface area contributed by atoms with E-state index in [1.165, 1.54) is 11.8 Å². The quantitative estimate of drug-likeness (QED) is 0.298. The molecule has 3 aromatic carbocycles. The van der Waals surface area contributed by atoms with Crippen molar-refractivity contribution in [1.29, 1.82) is 0 Å². The van der Waals surface area contributed by atoms with Crippen molar-refractivity contribution < 1.29 is 9.53 Å². The zero-order valence-corrected chi connectivity index (χ0v) is 20.8. The highest BCUT2D eigenvalue weighted by molar-refractivity contribution is 7.99. The molecule has 0 saturated heterocycles. The Bertz CT molecular complexity index is 1500. The van der Waals surface area contributed by atoms with Crippen LogP contribution in [0.15, 0.2) is 78.0 Å². The lowest BCUT2D eigenvalue weighted by molar-refractivity contribution is -0.115. The molecule has 2 heterocycles. The van der Waals surface area contributed by atoms with Gasteiger partial charge in [0.1, 0.15) is 17.8 Å². The average molecular weight is 500 g/mol. The molecule has 0 saturated carbocycles. The lowest BCUT2D eigenvalue weighted by Crippen LogP contribution is -2.13. The fourth-order valence-corrected chi connectivity index (χ4v) is 4.76. The van der Waals surface area contributed by atoms with Crippen molar-refractivity contribution in [2.75, 3.05) is 18.2 Å². The lowest BCUT2D eigenvalue weighted by Gasteiger charge is -2.11. The first kappa shape index (κ1) is 23.6. The summed E-state index contributed by atoms with van der Waals surface area (Å²) in [5.41, 5.74) is 4.43. The maximum absolute atomic E-state index is 12.6. The molecule has 36 heavy (non-hydrogen) atoms. The van der Waals surface area contributed by atoms with E-state index in [0.29, 0.717) is 23.9 Å². The highest BCUT2D eigenvalue weighted by Gasteiger charge is 2.17. The Morgan fingerprint density at radius 2 is 1.81 bits per heavy atom. The molecule has 0 unspecified atom stereocenters. The van der Waals surface area contributed by atoms with Gasteiger partial charge in [0.25, 0.3) is 0 Å². The summed E-state index contributed by atoms with van der Waals surface area (Å²) in [6.45, 7) is 2.36. The number of nitrogens with one attached hydrogen (secondary N) is 1. The van der Waals surface area contributed by atoms with E-state index in [4.69, 9.17) is 4.74 Å². The largest absolute Gasteiger partial charge is 0.497 e. The number of aryl methyl sites for hydroxylation is 1. The van der Waals surface area contributed by atoms with Crippen LogP contribution >= 0.6 is 11.8 Å². The molecule has 0 atom stereocenters. The third kappa shape index (κ3) is 5.08. The van der Waals surface area contributed by atoms with Crippen molar-refractivity contribution in [3.05, 3.63) is 84.2 Å². The Hall–Kier alpha value is -4.18. The maximum atomic E-state index is 12.6. The minimum Gasteiger partial charge on any atom is -0.497 e. The van der Waals surface area contributed by atoms with E-state index in [9.17, 15) is 4.79 Å². The second-order valence-corrected chi connectivity index (χ2v) is 9.20. The summed E-state index contributed by atoms with van der Waals surface area (Å²) in [5, 5.41) is 21.1. The molecule has 182 valence electrons. The van der Waals surface area contributed by atoms with E-state index in [1.807, 2.05) is 89.0 Å². The van der Waals surface area contributed by atoms with E-state index in [1.54, 1.807) is 7.11 Å². The molecule has 0 spiro atoms. The molecular weight excluding hydrogens is 474 g/mol. The fourth-order valence-electron chi connectivity index (χ4n) is 3.85. The number of hydrogen-bond donors (Lipinski definition) is 1. The molecular formula is C26H25N7O2S. The molecule has 0 radical (unpaired) electrons. The van der Waals surface area contributed by atoms with Crippen LogP contribution in [0.1, 0.15) is 17.8 Å². The summed E-state index contributed by atoms with van der Waals surface area (Å²) in [6, 6.07) is 23.3. The van der Waals surface area contributed by atoms with E-state index in [0.717, 1.165) is 39.5 Å². The minimum absolute atomic E-state index is 0.0594. The molecule has 5 rings (SSSR count). The number of methoxy groups -OCH3 is 1. The van der Waals surface area contributed by atoms with Crippen molar-refractivity contribution in [1.82, 2.24) is 29.8 Å². The summed E-state index contributed by atoms with van der Waals surface area (Å²) in [7, 11) is 1.62. The van der Waals surface area contributed by atoms with Gasteiger partial charge in [-0.2, -0.15) is 0 Å². The number of ether oxygens (including phenoxy) is 1. The molecule has 2 aromatic heterocycles. The number of thioether (sulfide) groups is 1. The smallest absolute Gasteiger partial charge is 0.225 e. The number of aromatic nitrogens is 6. The molecule has 9 nitrogen and oxygen atoms in total. The van der Waals surface area contributed by atoms with Crippen LogP contribution in [-0.2, 0) is 11.3 Å². The van der Waals surface area contributed by atoms with Crippen LogP contribution < -0.4 is 10.1 Å². The Labute approximate surface area is 212 Å². The summed E-state index contributed by atoms with van der Waals surface area (Å²) in [6.07, 6.45) is 0.334. The predicted molar refractivity (Wildman–Crippen MR) is 140 cm³/mol. The first-order valence-corrected chi connectivity index (χ1v) is 12.5. The second-order valence-electron chi connectivity index (χ2n) is 8.13. The van der Waals surface area contributed by atoms with Gasteiger partial charge >= 0.3 is 0 Å². The van der Waals surface area contributed by atoms with Crippen molar-refractivity contribution in [3.8, 4) is 11.4 Å². The lowest BCUT2D eigenvalue weighted by atomic mass is 10.2. The predicted octanol–water partition coefficient (Wildman–Crippen LogP) is 4.50. The first-order valence-electron chi connectivity index (χ1n) is 11.5. The number of rotatable bonds is 9. The molecule has 5 aromatic rings. The van der Waals surface area contributed by atoms with Crippen LogP contribution in [0.5, 0.6) is 5.75 Å². The normalized spacial score (nSPS) is 11.1. The van der Waals surface area contributed by atoms with Crippen LogP contribution in [0.25, 0.3) is 16.7 Å². The van der Waals surface area contributed by atoms with Crippen molar-refractivity contribution >= 4 is 34.4 Å². The topological polar surface area (TPSA) is 99.8 Å². The number of nitrogens with zero attached hydrogens (tertiary/aromatic N) is 6. The standard InChI is InChI=1S/C26H25N7O2S/c1-18-16-20(35-2)12-13-21(18)27-25(34)14-15-36-26-30-29-24(33(26)19-8-4-3-5-9-19)17-32-23-11-7-6-10-22(23)28-31-32/h3-13,16H,14-15,17H2,1-2H3,(H,27,34). The third-order valence-electron chi connectivity index (χ3n) is 5.69. The fraction of sp³-hybridized carbons (Fsp3) is 0.192. The number of amides is 1. The number of para-hydroxylation sites is 2. The highest BCUT2D eigenvalue weighted by atomic mass is 32.2. The molecule has 0 fully saturated rings. The molecule has 0 bridgehead atoms. The minimum atomic E-state index is -0.0594. The summed E-state index contributed by atoms with van der Waals surface area (Å²) >= 11 is 1.49. The van der Waals surface area contributed by atoms with Crippen LogP contribution in [-0.4, -0.2) is 48.5 Å². The molecule has 0 aliphatic carbocycles. The summed E-state index contributed by atoms with van der Waals surface area (Å²) in [5.74, 6) is 1.99. The number of fused-ring (bicyclic) bond motifs is 1. The SMILES string of the molecule is COc1ccc(NC(=O)CCSc2nnc(Cn3nnc4ccccc43)n2-c2ccccc2)c(C)c1. The summed E-state index contributed by atoms with van der Waals surface area (Å²) in [4.78, 5) is 12.6. The number of hydrogen-bond acceptors (Lipinski definition) is 7. The van der Waals surface area contributed by atoms with Crippen LogP contribution in [0.4, 0.5) is 5.69 Å². The Kier molecular flexibility index (Phi) is 6.94. The van der Waals surface area contributed by atoms with Gasteiger partial charge in [-0.3, -0.25) is 9.36 Å². The number of carbonyl (C=O) groups is 1. The second kappa shape index (κ2) is 10.6. The van der Waals surface area contributed by atoms with Gasteiger partial charge < -0.3 is 10.1 Å². The van der Waals surface area contributed by atoms with Crippen molar-refractivity contribution in [2.45, 2.75) is 25.0 Å². The zero-order chi connectivity index (χ0) is 24.9. The first-order chi connectivity index (χ1) is 17.6. The van der Waals surface area contributed by atoms with Gasteiger partial charge in [0.2, 0.25) is 5.91 Å². The molecule has 0 aliphatic heterocycles. The van der Waals surface area contributed by atoms with Gasteiger partial charge in [0, 0.05) is 23.5 Å². The van der Waals surface area contributed by atoms with Crippen molar-refractivity contribution in [3.63, 3.8) is 0 Å². The van der Waals surface area contributed by atoms with Crippen LogP contribution in [0, 0.1) is 6.92 Å². The maximum Gasteiger partial charge on any atom is 0.225 e. The molecule has 1 amide bonds. The Morgan fingerprint density at radius 3 is 2.61 bits per heavy atom. The van der Waals surface area contributed by atoms with E-state index >= 15 is 0 Å². The molecule has 1 N–H and O–H groups in total. The Balaban J connectivity index is 1.31. The monoisotopic (exact) mass is 499 g/mol. The average Bonchev–Trinajstić information content (AvgIpc) is 3.50. The molecule has 0 aliphatic rings. The van der Waals surface area contributed by atoms with Crippen LogP contribution in [0.2, 0.25) is 0 Å². The van der Waals surface area contributed by atoms with Gasteiger partial charge in [-0.15, -0.1) is 15.3 Å². The van der Waals surface area contributed by atoms with Gasteiger partial charge in [-0.05, 0) is 55.0 Å². The van der Waals surface area contributed by atoms with E-state index in [2.05, 4.69) is 25.8 Å². The van der Waals surface area contributed by atoms with E-state index < -0.39 is 0 Å². The van der Waals surface area contributed by atoms with Crippen molar-refractivity contribution in [2.24, 2.45) is 0 Å². The molecule has 10 heteroatoms. The summed E-state index contributed by atoms with van der Waals surface area (Å²) < 4.78 is 9.06. The number of benzene rings is 3. The van der Waals surface area contributed by atoms with E-state index in [-0.39, 0.29) is 5.91 Å². The third-order valence-corrected chi connectivity index (χ3v) is 6.62. The number of anilines is 1. The van der Waals surface area contributed by atoms with Crippen LogP contribution in [0.3, 0.4) is 0 Å². The van der Waals surface area contributed by atoms with Gasteiger partial charge in [0.05, 0.1) is 12.6 Å². The highest BCUT2D eigenvalue weighted by Crippen LogP contribution is 2.25. The number of carbonyl (C=O) groups excluding carboxylic acids is 1. The zero-order valence-electron chi connectivity index (χ0n) is 20.0. The van der Waals surface area contributed by atoms with Gasteiger partial charge in [-0.25, -0.2) is 4.68 Å². The van der Waals surface area contributed by atoms with Gasteiger partial charge in [0.15, 0.2) is 11.0 Å². The Morgan fingerprint density at radius 1 is 1.00 bits per heavy atom.